The molecule has 0 aliphatic carbocycles. The smallest absolute Gasteiger partial charge is 0.205 e. The van der Waals surface area contributed by atoms with Crippen molar-refractivity contribution in [3.63, 3.8) is 0 Å². The van der Waals surface area contributed by atoms with E-state index in [0.29, 0.717) is 0 Å². The van der Waals surface area contributed by atoms with Gasteiger partial charge in [0.1, 0.15) is 5.82 Å². The van der Waals surface area contributed by atoms with E-state index in [0.717, 1.165) is 62.1 Å². The van der Waals surface area contributed by atoms with E-state index >= 15 is 0 Å². The molecule has 2 heterocycles. The van der Waals surface area contributed by atoms with Crippen LogP contribution in [0.15, 0.2) is 24.3 Å². The molecule has 5 nitrogen and oxygen atoms in total. The third kappa shape index (κ3) is 4.06. The molecular formula is C17H21N5S. The van der Waals surface area contributed by atoms with Gasteiger partial charge in [-0.15, -0.1) is 0 Å². The average Bonchev–Trinajstić information content (AvgIpc) is 2.96. The molecule has 23 heavy (non-hydrogen) atoms. The highest BCUT2D eigenvalue weighted by atomic mass is 32.1. The fourth-order valence-corrected chi connectivity index (χ4v) is 3.58. The van der Waals surface area contributed by atoms with Gasteiger partial charge in [-0.1, -0.05) is 19.1 Å². The highest BCUT2D eigenvalue weighted by molar-refractivity contribution is 7.09. The first-order valence-corrected chi connectivity index (χ1v) is 8.84. The van der Waals surface area contributed by atoms with Crippen molar-refractivity contribution < 1.29 is 0 Å². The molecule has 0 spiro atoms. The second-order valence-electron chi connectivity index (χ2n) is 5.77. The lowest BCUT2D eigenvalue weighted by atomic mass is 10.1. The van der Waals surface area contributed by atoms with Crippen LogP contribution in [0.4, 0.5) is 5.13 Å². The molecule has 0 radical (unpaired) electrons. The Kier molecular flexibility index (Phi) is 5.21. The predicted octanol–water partition coefficient (Wildman–Crippen LogP) is 2.68. The van der Waals surface area contributed by atoms with Gasteiger partial charge in [-0.05, 0) is 24.1 Å². The highest BCUT2D eigenvalue weighted by Crippen LogP contribution is 2.20. The molecular weight excluding hydrogens is 306 g/mol. The first kappa shape index (κ1) is 15.9. The zero-order valence-electron chi connectivity index (χ0n) is 13.4. The van der Waals surface area contributed by atoms with Gasteiger partial charge in [0.2, 0.25) is 5.13 Å². The number of aryl methyl sites for hydroxylation is 1. The first-order chi connectivity index (χ1) is 11.3. The third-order valence-corrected chi connectivity index (χ3v) is 4.94. The second-order valence-corrected chi connectivity index (χ2v) is 6.50. The Labute approximate surface area is 141 Å². The minimum absolute atomic E-state index is 0.721. The highest BCUT2D eigenvalue weighted by Gasteiger charge is 2.18. The van der Waals surface area contributed by atoms with E-state index in [2.05, 4.69) is 44.3 Å². The summed E-state index contributed by atoms with van der Waals surface area (Å²) < 4.78 is 4.39. The van der Waals surface area contributed by atoms with Gasteiger partial charge in [-0.2, -0.15) is 9.64 Å². The van der Waals surface area contributed by atoms with Crippen molar-refractivity contribution in [3.8, 4) is 6.07 Å². The molecule has 1 aliphatic heterocycles. The van der Waals surface area contributed by atoms with Crippen molar-refractivity contribution in [3.05, 3.63) is 41.2 Å². The molecule has 0 amide bonds. The Morgan fingerprint density at radius 2 is 2.00 bits per heavy atom. The monoisotopic (exact) mass is 327 g/mol. The lowest BCUT2D eigenvalue weighted by Crippen LogP contribution is -2.30. The molecule has 0 N–H and O–H groups in total. The van der Waals surface area contributed by atoms with Gasteiger partial charge < -0.3 is 4.90 Å². The fraction of sp³-hybridized carbons (Fsp3) is 0.471. The van der Waals surface area contributed by atoms with Crippen LogP contribution in [0.25, 0.3) is 0 Å². The molecule has 6 heteroatoms. The molecule has 1 fully saturated rings. The van der Waals surface area contributed by atoms with E-state index in [1.807, 2.05) is 12.1 Å². The van der Waals surface area contributed by atoms with Crippen LogP contribution in [0, 0.1) is 11.3 Å². The van der Waals surface area contributed by atoms with Crippen LogP contribution in [0.1, 0.15) is 30.3 Å². The van der Waals surface area contributed by atoms with Crippen LogP contribution in [0.5, 0.6) is 0 Å². The molecule has 0 atom stereocenters. The molecule has 120 valence electrons. The van der Waals surface area contributed by atoms with Crippen molar-refractivity contribution in [2.75, 3.05) is 31.1 Å². The number of rotatable bonds is 4. The van der Waals surface area contributed by atoms with Gasteiger partial charge in [0.25, 0.3) is 0 Å². The topological polar surface area (TPSA) is 56.1 Å². The maximum absolute atomic E-state index is 8.87. The molecule has 3 rings (SSSR count). The summed E-state index contributed by atoms with van der Waals surface area (Å²) in [5.74, 6) is 0.948. The van der Waals surface area contributed by atoms with Gasteiger partial charge in [-0.25, -0.2) is 4.98 Å². The summed E-state index contributed by atoms with van der Waals surface area (Å²) >= 11 is 1.51. The van der Waals surface area contributed by atoms with Crippen molar-refractivity contribution in [2.45, 2.75) is 26.3 Å². The van der Waals surface area contributed by atoms with Crippen LogP contribution in [-0.2, 0) is 13.0 Å². The summed E-state index contributed by atoms with van der Waals surface area (Å²) in [5.41, 5.74) is 1.99. The summed E-state index contributed by atoms with van der Waals surface area (Å²) in [6.07, 6.45) is 2.03. The molecule has 1 aromatic carbocycles. The van der Waals surface area contributed by atoms with Gasteiger partial charge in [0.15, 0.2) is 0 Å². The lowest BCUT2D eigenvalue weighted by Gasteiger charge is -2.21. The quantitative estimate of drug-likeness (QED) is 0.864. The minimum atomic E-state index is 0.721. The van der Waals surface area contributed by atoms with E-state index in [1.165, 1.54) is 17.1 Å². The standard InChI is InChI=1S/C17H21N5S/c1-2-16-19-17(23-20-16)22-9-3-8-21(10-11-22)13-15-6-4-14(12-18)5-7-15/h4-7H,2-3,8-11,13H2,1H3. The van der Waals surface area contributed by atoms with Crippen LogP contribution in [-0.4, -0.2) is 40.4 Å². The van der Waals surface area contributed by atoms with Crippen molar-refractivity contribution in [1.29, 1.82) is 5.26 Å². The summed E-state index contributed by atoms with van der Waals surface area (Å²) in [5, 5.41) is 9.93. The Morgan fingerprint density at radius 1 is 1.17 bits per heavy atom. The number of benzene rings is 1. The number of aromatic nitrogens is 2. The number of nitriles is 1. The summed E-state index contributed by atoms with van der Waals surface area (Å²) in [4.78, 5) is 9.44. The Bertz CT molecular complexity index is 673. The largest absolute Gasteiger partial charge is 0.346 e. The van der Waals surface area contributed by atoms with Crippen molar-refractivity contribution >= 4 is 16.7 Å². The molecule has 0 bridgehead atoms. The maximum Gasteiger partial charge on any atom is 0.205 e. The Hall–Kier alpha value is -1.97. The van der Waals surface area contributed by atoms with Crippen molar-refractivity contribution in [2.24, 2.45) is 0 Å². The van der Waals surface area contributed by atoms with Crippen LogP contribution < -0.4 is 4.90 Å². The minimum Gasteiger partial charge on any atom is -0.346 e. The number of anilines is 1. The summed E-state index contributed by atoms with van der Waals surface area (Å²) in [7, 11) is 0. The number of nitrogens with zero attached hydrogens (tertiary/aromatic N) is 5. The van der Waals surface area contributed by atoms with E-state index in [4.69, 9.17) is 5.26 Å². The van der Waals surface area contributed by atoms with Crippen LogP contribution >= 0.6 is 11.5 Å². The molecule has 1 saturated heterocycles. The zero-order valence-corrected chi connectivity index (χ0v) is 14.2. The van der Waals surface area contributed by atoms with Crippen LogP contribution in [0.2, 0.25) is 0 Å². The lowest BCUT2D eigenvalue weighted by molar-refractivity contribution is 0.285. The fourth-order valence-electron chi connectivity index (χ4n) is 2.78. The first-order valence-electron chi connectivity index (χ1n) is 8.07. The van der Waals surface area contributed by atoms with Gasteiger partial charge in [0.05, 0.1) is 11.6 Å². The summed E-state index contributed by atoms with van der Waals surface area (Å²) in [6.45, 7) is 7.19. The Morgan fingerprint density at radius 3 is 2.70 bits per heavy atom. The van der Waals surface area contributed by atoms with E-state index < -0.39 is 0 Å². The van der Waals surface area contributed by atoms with Gasteiger partial charge in [-0.3, -0.25) is 4.90 Å². The normalized spacial score (nSPS) is 16.1. The maximum atomic E-state index is 8.87. The van der Waals surface area contributed by atoms with Gasteiger partial charge >= 0.3 is 0 Å². The predicted molar refractivity (Wildman–Crippen MR) is 92.6 cm³/mol. The molecule has 1 aliphatic rings. The number of hydrogen-bond acceptors (Lipinski definition) is 6. The van der Waals surface area contributed by atoms with Crippen molar-refractivity contribution in [1.82, 2.24) is 14.3 Å². The second kappa shape index (κ2) is 7.53. The average molecular weight is 327 g/mol. The van der Waals surface area contributed by atoms with E-state index in [1.54, 1.807) is 0 Å². The van der Waals surface area contributed by atoms with E-state index in [9.17, 15) is 0 Å². The Balaban J connectivity index is 1.58. The third-order valence-electron chi connectivity index (χ3n) is 4.12. The molecule has 2 aromatic rings. The molecule has 1 aromatic heterocycles. The number of hydrogen-bond donors (Lipinski definition) is 0. The molecule has 0 unspecified atom stereocenters. The van der Waals surface area contributed by atoms with Gasteiger partial charge in [0, 0.05) is 50.7 Å². The van der Waals surface area contributed by atoms with Crippen LogP contribution in [0.3, 0.4) is 0 Å². The zero-order chi connectivity index (χ0) is 16.1. The molecule has 0 saturated carbocycles. The van der Waals surface area contributed by atoms with E-state index in [-0.39, 0.29) is 0 Å². The summed E-state index contributed by atoms with van der Waals surface area (Å²) in [6, 6.07) is 10.1. The SMILES string of the molecule is CCc1nsc(N2CCCN(Cc3ccc(C#N)cc3)CC2)n1.